The highest BCUT2D eigenvalue weighted by atomic mass is 32.1. The Kier molecular flexibility index (Phi) is 4.15. The van der Waals surface area contributed by atoms with E-state index in [0.29, 0.717) is 12.6 Å². The minimum absolute atomic E-state index is 0.0726. The number of nitrogens with zero attached hydrogens (tertiary/aromatic N) is 3. The number of aliphatic hydroxyl groups excluding tert-OH is 1. The molecule has 0 spiro atoms. The third-order valence-electron chi connectivity index (χ3n) is 4.53. The summed E-state index contributed by atoms with van der Waals surface area (Å²) in [6.45, 7) is 6.30. The van der Waals surface area contributed by atoms with Gasteiger partial charge in [-0.2, -0.15) is 5.10 Å². The molecule has 1 aliphatic rings. The summed E-state index contributed by atoms with van der Waals surface area (Å²) < 4.78 is 8.49. The number of thiophene rings is 1. The molecule has 1 fully saturated rings. The van der Waals surface area contributed by atoms with Crippen molar-refractivity contribution in [2.45, 2.75) is 39.3 Å². The van der Waals surface area contributed by atoms with Crippen molar-refractivity contribution >= 4 is 37.6 Å². The van der Waals surface area contributed by atoms with Crippen LogP contribution in [-0.4, -0.2) is 45.7 Å². The largest absolute Gasteiger partial charge is 0.394 e. The van der Waals surface area contributed by atoms with Gasteiger partial charge in [-0.25, -0.2) is 4.98 Å². The number of fused-ring (bicyclic) bond motifs is 3. The lowest BCUT2D eigenvalue weighted by Crippen LogP contribution is -2.28. The third kappa shape index (κ3) is 2.66. The second-order valence-corrected chi connectivity index (χ2v) is 7.37. The summed E-state index contributed by atoms with van der Waals surface area (Å²) in [6.07, 6.45) is 1.99. The molecular formula is C17H22N4O2S. The molecule has 0 aromatic carbocycles. The summed E-state index contributed by atoms with van der Waals surface area (Å²) in [4.78, 5) is 5.75. The topological polar surface area (TPSA) is 72.2 Å². The number of aliphatic hydroxyl groups is 1. The molecule has 7 heteroatoms. The molecule has 4 rings (SSSR count). The average molecular weight is 346 g/mol. The van der Waals surface area contributed by atoms with Gasteiger partial charge in [-0.05, 0) is 38.3 Å². The average Bonchev–Trinajstić information content (AvgIpc) is 3.07. The van der Waals surface area contributed by atoms with E-state index in [1.54, 1.807) is 11.3 Å². The molecule has 3 aromatic rings. The minimum atomic E-state index is 0.0726. The molecule has 0 saturated carbocycles. The van der Waals surface area contributed by atoms with Crippen molar-refractivity contribution in [3.05, 3.63) is 17.3 Å². The predicted molar refractivity (Wildman–Crippen MR) is 96.9 cm³/mol. The lowest BCUT2D eigenvalue weighted by Gasteiger charge is -2.22. The maximum Gasteiger partial charge on any atom is 0.166 e. The zero-order valence-corrected chi connectivity index (χ0v) is 14.8. The van der Waals surface area contributed by atoms with Gasteiger partial charge in [-0.3, -0.25) is 4.68 Å². The molecule has 2 N–H and O–H groups in total. The van der Waals surface area contributed by atoms with Crippen LogP contribution in [0.2, 0.25) is 0 Å². The number of pyridine rings is 1. The van der Waals surface area contributed by atoms with Crippen LogP contribution in [0, 0.1) is 13.8 Å². The Morgan fingerprint density at radius 1 is 1.38 bits per heavy atom. The summed E-state index contributed by atoms with van der Waals surface area (Å²) in [5.41, 5.74) is 3.33. The highest BCUT2D eigenvalue weighted by molar-refractivity contribution is 7.26. The van der Waals surface area contributed by atoms with E-state index >= 15 is 0 Å². The summed E-state index contributed by atoms with van der Waals surface area (Å²) in [5, 5.41) is 18.9. The highest BCUT2D eigenvalue weighted by Gasteiger charge is 2.22. The molecule has 1 aliphatic heterocycles. The van der Waals surface area contributed by atoms with E-state index in [1.807, 2.05) is 11.6 Å². The minimum Gasteiger partial charge on any atom is -0.394 e. The van der Waals surface area contributed by atoms with Crippen molar-refractivity contribution in [3.63, 3.8) is 0 Å². The van der Waals surface area contributed by atoms with Gasteiger partial charge in [0.15, 0.2) is 5.82 Å². The third-order valence-corrected chi connectivity index (χ3v) is 5.61. The first-order valence-corrected chi connectivity index (χ1v) is 9.21. The van der Waals surface area contributed by atoms with Crippen LogP contribution >= 0.6 is 11.3 Å². The van der Waals surface area contributed by atoms with E-state index in [0.717, 1.165) is 58.0 Å². The molecule has 1 saturated heterocycles. The maximum atomic E-state index is 9.42. The molecule has 0 bridgehead atoms. The number of aryl methyl sites for hydroxylation is 2. The van der Waals surface area contributed by atoms with Crippen molar-refractivity contribution in [3.8, 4) is 0 Å². The van der Waals surface area contributed by atoms with Crippen molar-refractivity contribution in [2.75, 3.05) is 25.1 Å². The van der Waals surface area contributed by atoms with Crippen LogP contribution in [0.3, 0.4) is 0 Å². The summed E-state index contributed by atoms with van der Waals surface area (Å²) >= 11 is 1.68. The van der Waals surface area contributed by atoms with Crippen LogP contribution in [0.4, 0.5) is 5.82 Å². The molecule has 4 heterocycles. The van der Waals surface area contributed by atoms with Crippen LogP contribution in [0.15, 0.2) is 6.07 Å². The number of hydrogen-bond donors (Lipinski definition) is 2. The number of rotatable bonds is 4. The lowest BCUT2D eigenvalue weighted by atomic mass is 10.1. The molecule has 0 unspecified atom stereocenters. The fourth-order valence-electron chi connectivity index (χ4n) is 3.43. The van der Waals surface area contributed by atoms with E-state index in [1.165, 1.54) is 5.56 Å². The standard InChI is InChI=1S/C17H22N4O2S/c1-10-9-11(2)18-17-13(10)14-15(24-17)16(20-21(14)5-6-22)19-12-3-7-23-8-4-12/h9,12,22H,3-8H2,1-2H3,(H,19,20). The van der Waals surface area contributed by atoms with E-state index in [9.17, 15) is 5.11 Å². The molecule has 24 heavy (non-hydrogen) atoms. The van der Waals surface area contributed by atoms with Crippen LogP contribution in [-0.2, 0) is 11.3 Å². The zero-order valence-electron chi connectivity index (χ0n) is 14.0. The smallest absolute Gasteiger partial charge is 0.166 e. The van der Waals surface area contributed by atoms with Gasteiger partial charge in [-0.15, -0.1) is 11.3 Å². The number of hydrogen-bond acceptors (Lipinski definition) is 6. The Balaban J connectivity index is 1.86. The second kappa shape index (κ2) is 6.31. The van der Waals surface area contributed by atoms with Crippen LogP contribution < -0.4 is 5.32 Å². The SMILES string of the molecule is Cc1cc(C)c2c(n1)sc1c(NC3CCOCC3)nn(CCO)c12. The number of aromatic nitrogens is 3. The summed E-state index contributed by atoms with van der Waals surface area (Å²) in [7, 11) is 0. The summed E-state index contributed by atoms with van der Waals surface area (Å²) in [5.74, 6) is 0.908. The van der Waals surface area contributed by atoms with E-state index < -0.39 is 0 Å². The van der Waals surface area contributed by atoms with Crippen LogP contribution in [0.1, 0.15) is 24.1 Å². The molecule has 6 nitrogen and oxygen atoms in total. The van der Waals surface area contributed by atoms with E-state index in [2.05, 4.69) is 18.3 Å². The number of nitrogens with one attached hydrogen (secondary N) is 1. The first-order valence-electron chi connectivity index (χ1n) is 8.40. The fraction of sp³-hybridized carbons (Fsp3) is 0.529. The molecule has 0 atom stereocenters. The highest BCUT2D eigenvalue weighted by Crippen LogP contribution is 2.39. The monoisotopic (exact) mass is 346 g/mol. The first-order chi connectivity index (χ1) is 11.7. The second-order valence-electron chi connectivity index (χ2n) is 6.37. The van der Waals surface area contributed by atoms with Gasteiger partial charge in [0.1, 0.15) is 4.83 Å². The van der Waals surface area contributed by atoms with Gasteiger partial charge >= 0.3 is 0 Å². The normalized spacial score (nSPS) is 16.3. The molecule has 128 valence electrons. The van der Waals surface area contributed by atoms with Gasteiger partial charge in [0.2, 0.25) is 0 Å². The Morgan fingerprint density at radius 2 is 2.17 bits per heavy atom. The molecule has 0 radical (unpaired) electrons. The van der Waals surface area contributed by atoms with E-state index in [-0.39, 0.29) is 6.61 Å². The number of anilines is 1. The van der Waals surface area contributed by atoms with Crippen molar-refractivity contribution < 1.29 is 9.84 Å². The lowest BCUT2D eigenvalue weighted by molar-refractivity contribution is 0.0904. The van der Waals surface area contributed by atoms with Gasteiger partial charge in [0.05, 0.1) is 23.4 Å². The maximum absolute atomic E-state index is 9.42. The van der Waals surface area contributed by atoms with Crippen LogP contribution in [0.5, 0.6) is 0 Å². The Bertz CT molecular complexity index is 880. The summed E-state index contributed by atoms with van der Waals surface area (Å²) in [6, 6.07) is 2.50. The van der Waals surface area contributed by atoms with Gasteiger partial charge < -0.3 is 15.2 Å². The van der Waals surface area contributed by atoms with Gasteiger partial charge in [-0.1, -0.05) is 0 Å². The zero-order chi connectivity index (χ0) is 16.7. The first kappa shape index (κ1) is 15.8. The van der Waals surface area contributed by atoms with Crippen molar-refractivity contribution in [2.24, 2.45) is 0 Å². The van der Waals surface area contributed by atoms with Crippen molar-refractivity contribution in [1.29, 1.82) is 0 Å². The Labute approximate surface area is 144 Å². The number of ether oxygens (including phenoxy) is 1. The van der Waals surface area contributed by atoms with Gasteiger partial charge in [0.25, 0.3) is 0 Å². The predicted octanol–water partition coefficient (Wildman–Crippen LogP) is 2.85. The Hall–Kier alpha value is -1.70. The van der Waals surface area contributed by atoms with Crippen molar-refractivity contribution in [1.82, 2.24) is 14.8 Å². The van der Waals surface area contributed by atoms with Crippen LogP contribution in [0.25, 0.3) is 20.4 Å². The van der Waals surface area contributed by atoms with E-state index in [4.69, 9.17) is 14.8 Å². The molecule has 0 aliphatic carbocycles. The van der Waals surface area contributed by atoms with Gasteiger partial charge in [0, 0.05) is 30.3 Å². The molecule has 3 aromatic heterocycles. The molecule has 0 amide bonds. The fourth-order valence-corrected chi connectivity index (χ4v) is 4.68. The molecular weight excluding hydrogens is 324 g/mol. The quantitative estimate of drug-likeness (QED) is 0.760. The Morgan fingerprint density at radius 3 is 2.92 bits per heavy atom.